The van der Waals surface area contributed by atoms with E-state index in [4.69, 9.17) is 0 Å². The molecule has 0 aromatic rings. The van der Waals surface area contributed by atoms with Gasteiger partial charge in [-0.3, -0.25) is 0 Å². The van der Waals surface area contributed by atoms with E-state index >= 15 is 0 Å². The Hall–Kier alpha value is -0.710. The van der Waals surface area contributed by atoms with Crippen molar-refractivity contribution in [2.24, 2.45) is 5.73 Å². The molecular weight excluding hydrogens is 147 g/mol. The van der Waals surface area contributed by atoms with Crippen molar-refractivity contribution in [1.29, 1.82) is 0 Å². The summed E-state index contributed by atoms with van der Waals surface area (Å²) in [4.78, 5) is 9.82. The van der Waals surface area contributed by atoms with E-state index in [9.17, 15) is 9.36 Å². The van der Waals surface area contributed by atoms with Crippen molar-refractivity contribution in [1.82, 2.24) is 5.48 Å². The number of nitrogens with two attached hydrogens (primary N) is 1. The first kappa shape index (κ1) is 8.29. The first-order valence-electron chi connectivity index (χ1n) is 1.90. The molecule has 0 saturated heterocycles. The highest BCUT2D eigenvalue weighted by Gasteiger charge is 2.17. The fourth-order valence-electron chi connectivity index (χ4n) is 0.120. The molecule has 52 valence electrons. The van der Waals surface area contributed by atoms with E-state index in [2.05, 4.69) is 14.9 Å². The first-order chi connectivity index (χ1) is 4.16. The van der Waals surface area contributed by atoms with Gasteiger partial charge in [-0.25, -0.2) is 4.79 Å². The Bertz CT molecular complexity index is 126. The lowest BCUT2D eigenvalue weighted by Crippen LogP contribution is -2.27. The fraction of sp³-hybridized carbons (Fsp3) is 0.500. The van der Waals surface area contributed by atoms with Gasteiger partial charge in [0, 0.05) is 9.19 Å². The molecule has 1 atom stereocenters. The van der Waals surface area contributed by atoms with Gasteiger partial charge in [0.15, 0.2) is 0 Å². The van der Waals surface area contributed by atoms with E-state index < -0.39 is 14.3 Å². The van der Waals surface area contributed by atoms with Crippen LogP contribution < -0.4 is 11.2 Å². The summed E-state index contributed by atoms with van der Waals surface area (Å²) in [6.07, 6.45) is 0. The largest absolute Gasteiger partial charge is 0.721 e. The van der Waals surface area contributed by atoms with Crippen LogP contribution in [0, 0.1) is 0 Å². The Morgan fingerprint density at radius 1 is 1.78 bits per heavy atom. The van der Waals surface area contributed by atoms with Gasteiger partial charge in [-0.15, -0.1) is 4.52 Å². The Balaban J connectivity index is 3.28. The number of primary amides is 1. The summed E-state index contributed by atoms with van der Waals surface area (Å²) in [7, 11) is -1.10. The highest BCUT2D eigenvalue weighted by molar-refractivity contribution is 7.33. The molecule has 2 amide bonds. The summed E-state index contributed by atoms with van der Waals surface area (Å²) in [5.74, 6) is 0. The standard InChI is InChI=1S/C2H5N2O4P/c1-7-9(6)8-4-2(3)5/h1H3,(H2-,3,4,5)/p+1. The van der Waals surface area contributed by atoms with Crippen LogP contribution in [0.4, 0.5) is 4.79 Å². The molecule has 6 nitrogen and oxygen atoms in total. The third-order valence-corrected chi connectivity index (χ3v) is 0.908. The SMILES string of the molecule is CO[P+](=O)ONC(N)=O. The van der Waals surface area contributed by atoms with Crippen molar-refractivity contribution in [2.45, 2.75) is 0 Å². The first-order valence-corrected chi connectivity index (χ1v) is 3.00. The molecule has 0 aliphatic heterocycles. The second-order valence-electron chi connectivity index (χ2n) is 0.964. The zero-order valence-electron chi connectivity index (χ0n) is 4.66. The van der Waals surface area contributed by atoms with Crippen LogP contribution in [0.2, 0.25) is 0 Å². The van der Waals surface area contributed by atoms with Gasteiger partial charge in [0.1, 0.15) is 0 Å². The molecule has 0 aliphatic rings. The van der Waals surface area contributed by atoms with Crippen molar-refractivity contribution >= 4 is 14.3 Å². The molecule has 0 rings (SSSR count). The van der Waals surface area contributed by atoms with Crippen LogP contribution in [-0.4, -0.2) is 13.1 Å². The molecule has 0 fully saturated rings. The molecule has 1 unspecified atom stereocenters. The average Bonchev–Trinajstić information content (AvgIpc) is 1.83. The van der Waals surface area contributed by atoms with Crippen LogP contribution >= 0.6 is 8.25 Å². The Morgan fingerprint density at radius 3 is 2.67 bits per heavy atom. The minimum Gasteiger partial charge on any atom is -0.350 e. The zero-order valence-corrected chi connectivity index (χ0v) is 5.55. The number of hydroxylamine groups is 1. The van der Waals surface area contributed by atoms with Crippen LogP contribution in [0.1, 0.15) is 0 Å². The van der Waals surface area contributed by atoms with E-state index in [-0.39, 0.29) is 0 Å². The van der Waals surface area contributed by atoms with Crippen molar-refractivity contribution in [3.63, 3.8) is 0 Å². The molecular formula is C2H6N2O4P+. The third-order valence-electron chi connectivity index (χ3n) is 0.370. The maximum Gasteiger partial charge on any atom is 0.721 e. The predicted molar refractivity (Wildman–Crippen MR) is 28.4 cm³/mol. The van der Waals surface area contributed by atoms with E-state index in [0.717, 1.165) is 0 Å². The van der Waals surface area contributed by atoms with E-state index in [0.29, 0.717) is 0 Å². The molecule has 0 aliphatic carbocycles. The van der Waals surface area contributed by atoms with Gasteiger partial charge >= 0.3 is 14.3 Å². The second-order valence-corrected chi connectivity index (χ2v) is 1.96. The predicted octanol–water partition coefficient (Wildman–Crippen LogP) is -0.110. The highest BCUT2D eigenvalue weighted by Crippen LogP contribution is 2.18. The monoisotopic (exact) mass is 153 g/mol. The zero-order chi connectivity index (χ0) is 7.28. The summed E-state index contributed by atoms with van der Waals surface area (Å²) in [6, 6.07) is -0.921. The van der Waals surface area contributed by atoms with Crippen molar-refractivity contribution in [3.8, 4) is 0 Å². The Kier molecular flexibility index (Phi) is 3.87. The lowest BCUT2D eigenvalue weighted by atomic mass is 11.2. The number of hydrogen-bond donors (Lipinski definition) is 2. The molecule has 0 saturated carbocycles. The summed E-state index contributed by atoms with van der Waals surface area (Å²) < 4.78 is 18.3. The molecule has 9 heavy (non-hydrogen) atoms. The van der Waals surface area contributed by atoms with Gasteiger partial charge in [0.25, 0.3) is 0 Å². The highest BCUT2D eigenvalue weighted by atomic mass is 31.1. The van der Waals surface area contributed by atoms with E-state index in [1.54, 1.807) is 5.48 Å². The van der Waals surface area contributed by atoms with Crippen molar-refractivity contribution < 1.29 is 18.5 Å². The fourth-order valence-corrected chi connectivity index (χ4v) is 0.359. The molecule has 0 spiro atoms. The van der Waals surface area contributed by atoms with Crippen LogP contribution in [0.25, 0.3) is 0 Å². The van der Waals surface area contributed by atoms with E-state index in [1.165, 1.54) is 7.11 Å². The summed E-state index contributed by atoms with van der Waals surface area (Å²) in [6.45, 7) is 0. The molecule has 0 heterocycles. The van der Waals surface area contributed by atoms with Gasteiger partial charge in [-0.1, -0.05) is 0 Å². The van der Waals surface area contributed by atoms with Gasteiger partial charge in [0.05, 0.1) is 7.11 Å². The molecule has 0 aromatic carbocycles. The van der Waals surface area contributed by atoms with Crippen LogP contribution in [-0.2, 0) is 13.7 Å². The topological polar surface area (TPSA) is 90.7 Å². The smallest absolute Gasteiger partial charge is 0.350 e. The van der Waals surface area contributed by atoms with Crippen LogP contribution in [0.3, 0.4) is 0 Å². The van der Waals surface area contributed by atoms with Gasteiger partial charge < -0.3 is 5.73 Å². The van der Waals surface area contributed by atoms with Crippen molar-refractivity contribution in [2.75, 3.05) is 7.11 Å². The normalized spacial score (nSPS) is 10.6. The summed E-state index contributed by atoms with van der Waals surface area (Å²) in [5, 5.41) is 0. The summed E-state index contributed by atoms with van der Waals surface area (Å²) >= 11 is 0. The second kappa shape index (κ2) is 4.20. The average molecular weight is 153 g/mol. The Labute approximate surface area is 52.2 Å². The molecule has 3 N–H and O–H groups in total. The number of carbonyl (C=O) groups is 1. The maximum absolute atomic E-state index is 10.1. The number of hydrogen-bond acceptors (Lipinski definition) is 4. The number of nitrogens with one attached hydrogen (secondary N) is 1. The van der Waals surface area contributed by atoms with Crippen LogP contribution in [0.15, 0.2) is 0 Å². The van der Waals surface area contributed by atoms with E-state index in [1.807, 2.05) is 0 Å². The van der Waals surface area contributed by atoms with Gasteiger partial charge in [-0.05, 0) is 0 Å². The number of rotatable bonds is 3. The van der Waals surface area contributed by atoms with Gasteiger partial charge in [0.2, 0.25) is 0 Å². The third kappa shape index (κ3) is 5.16. The lowest BCUT2D eigenvalue weighted by molar-refractivity contribution is 0.170. The van der Waals surface area contributed by atoms with Crippen LogP contribution in [0.5, 0.6) is 0 Å². The maximum atomic E-state index is 10.1. The van der Waals surface area contributed by atoms with Crippen molar-refractivity contribution in [3.05, 3.63) is 0 Å². The number of urea groups is 1. The minimum absolute atomic E-state index is 0.921. The molecule has 0 aromatic heterocycles. The minimum atomic E-state index is -2.27. The number of amides is 2. The van der Waals surface area contributed by atoms with Gasteiger partial charge in [-0.2, -0.15) is 5.48 Å². The molecule has 0 bridgehead atoms. The molecule has 0 radical (unpaired) electrons. The lowest BCUT2D eigenvalue weighted by Gasteiger charge is -1.84. The molecule has 7 heteroatoms. The number of carbonyl (C=O) groups excluding carboxylic acids is 1. The summed E-state index contributed by atoms with van der Waals surface area (Å²) in [5.41, 5.74) is 6.16. The quantitative estimate of drug-likeness (QED) is 0.437. The Morgan fingerprint density at radius 2 is 2.33 bits per heavy atom.